The van der Waals surface area contributed by atoms with Crippen molar-refractivity contribution in [3.05, 3.63) is 102 Å². The number of carbonyl (C=O) groups excluding carboxylic acids is 3. The van der Waals surface area contributed by atoms with Gasteiger partial charge >= 0.3 is 5.97 Å². The topological polar surface area (TPSA) is 84.9 Å². The highest BCUT2D eigenvalue weighted by Gasteiger charge is 2.52. The monoisotopic (exact) mass is 508 g/mol. The van der Waals surface area contributed by atoms with Crippen molar-refractivity contribution < 1.29 is 23.9 Å². The fraction of sp³-hybridized carbons (Fsp3) is 0.194. The van der Waals surface area contributed by atoms with Crippen LogP contribution in [0.1, 0.15) is 35.7 Å². The predicted molar refractivity (Wildman–Crippen MR) is 146 cm³/mol. The highest BCUT2D eigenvalue weighted by Crippen LogP contribution is 2.48. The average molecular weight is 509 g/mol. The first-order chi connectivity index (χ1) is 18.5. The van der Waals surface area contributed by atoms with Gasteiger partial charge in [-0.3, -0.25) is 19.3 Å². The van der Waals surface area contributed by atoms with E-state index >= 15 is 0 Å². The summed E-state index contributed by atoms with van der Waals surface area (Å²) in [6.45, 7) is 1.96. The Labute approximate surface area is 221 Å². The summed E-state index contributed by atoms with van der Waals surface area (Å²) in [6.07, 6.45) is -0.0155. The van der Waals surface area contributed by atoms with Crippen LogP contribution in [-0.2, 0) is 19.9 Å². The van der Waals surface area contributed by atoms with Gasteiger partial charge in [0.2, 0.25) is 0 Å². The molecule has 1 unspecified atom stereocenters. The zero-order valence-electron chi connectivity index (χ0n) is 21.3. The standard InChI is InChI=1S/C31H28N2O5/c1-3-38-28(34)17-18-31(32-29(35)23-14-13-21-9-7-8-10-22(21)19-23)26-16-15-25(37-2)20-27(26)33(30(31)36)24-11-5-4-6-12-24/h4-16,19-20H,3,17-18H2,1-2H3,(H,32,35). The molecule has 1 aliphatic rings. The number of para-hydroxylation sites is 1. The third kappa shape index (κ3) is 4.47. The van der Waals surface area contributed by atoms with Crippen LogP contribution in [-0.4, -0.2) is 31.5 Å². The minimum absolute atomic E-state index is 0.0344. The lowest BCUT2D eigenvalue weighted by molar-refractivity contribution is -0.143. The average Bonchev–Trinajstić information content (AvgIpc) is 3.18. The number of nitrogens with zero attached hydrogens (tertiary/aromatic N) is 1. The molecule has 1 aliphatic heterocycles. The number of methoxy groups -OCH3 is 1. The second kappa shape index (κ2) is 10.4. The molecular formula is C31H28N2O5. The van der Waals surface area contributed by atoms with Gasteiger partial charge < -0.3 is 14.8 Å². The van der Waals surface area contributed by atoms with E-state index in [-0.39, 0.29) is 25.4 Å². The number of benzene rings is 4. The molecule has 4 aromatic carbocycles. The Balaban J connectivity index is 1.62. The largest absolute Gasteiger partial charge is 0.497 e. The van der Waals surface area contributed by atoms with E-state index in [1.807, 2.05) is 60.7 Å². The summed E-state index contributed by atoms with van der Waals surface area (Å²) in [5, 5.41) is 4.95. The van der Waals surface area contributed by atoms with Crippen molar-refractivity contribution in [1.29, 1.82) is 0 Å². The molecule has 0 bridgehead atoms. The van der Waals surface area contributed by atoms with Gasteiger partial charge in [0, 0.05) is 29.3 Å². The number of carbonyl (C=O) groups is 3. The Morgan fingerprint density at radius 3 is 2.37 bits per heavy atom. The minimum Gasteiger partial charge on any atom is -0.497 e. The normalized spacial score (nSPS) is 16.3. The zero-order chi connectivity index (χ0) is 26.7. The first kappa shape index (κ1) is 25.0. The van der Waals surface area contributed by atoms with Crippen LogP contribution >= 0.6 is 0 Å². The third-order valence-electron chi connectivity index (χ3n) is 6.84. The molecule has 192 valence electrons. The lowest BCUT2D eigenvalue weighted by Crippen LogP contribution is -2.52. The van der Waals surface area contributed by atoms with Crippen LogP contribution in [0.25, 0.3) is 10.8 Å². The van der Waals surface area contributed by atoms with Crippen LogP contribution in [0.2, 0.25) is 0 Å². The molecule has 1 heterocycles. The van der Waals surface area contributed by atoms with Gasteiger partial charge in [0.25, 0.3) is 11.8 Å². The number of amides is 2. The number of hydrogen-bond donors (Lipinski definition) is 1. The van der Waals surface area contributed by atoms with E-state index < -0.39 is 17.4 Å². The predicted octanol–water partition coefficient (Wildman–Crippen LogP) is 5.50. The maximum Gasteiger partial charge on any atom is 0.305 e. The van der Waals surface area contributed by atoms with Crippen molar-refractivity contribution in [1.82, 2.24) is 5.32 Å². The van der Waals surface area contributed by atoms with Crippen LogP contribution in [0, 0.1) is 0 Å². The number of fused-ring (bicyclic) bond motifs is 2. The van der Waals surface area contributed by atoms with Crippen molar-refractivity contribution in [2.24, 2.45) is 0 Å². The van der Waals surface area contributed by atoms with Crippen molar-refractivity contribution in [3.63, 3.8) is 0 Å². The summed E-state index contributed by atoms with van der Waals surface area (Å²) in [5.41, 5.74) is 0.742. The van der Waals surface area contributed by atoms with E-state index in [0.717, 1.165) is 10.8 Å². The summed E-state index contributed by atoms with van der Waals surface area (Å²) in [4.78, 5) is 42.1. The Morgan fingerprint density at radius 2 is 1.63 bits per heavy atom. The molecule has 0 spiro atoms. The number of anilines is 2. The number of esters is 1. The van der Waals surface area contributed by atoms with Crippen LogP contribution in [0.4, 0.5) is 11.4 Å². The van der Waals surface area contributed by atoms with Gasteiger partial charge in [0.05, 0.1) is 19.4 Å². The van der Waals surface area contributed by atoms with Crippen molar-refractivity contribution in [3.8, 4) is 5.75 Å². The summed E-state index contributed by atoms with van der Waals surface area (Å²) < 4.78 is 10.6. The second-order valence-corrected chi connectivity index (χ2v) is 9.09. The number of hydrogen-bond acceptors (Lipinski definition) is 5. The lowest BCUT2D eigenvalue weighted by Gasteiger charge is -2.30. The van der Waals surface area contributed by atoms with Crippen LogP contribution in [0.3, 0.4) is 0 Å². The van der Waals surface area contributed by atoms with E-state index in [9.17, 15) is 14.4 Å². The van der Waals surface area contributed by atoms with Gasteiger partial charge in [0.15, 0.2) is 0 Å². The van der Waals surface area contributed by atoms with E-state index in [4.69, 9.17) is 9.47 Å². The maximum absolute atomic E-state index is 14.4. The molecule has 1 N–H and O–H groups in total. The molecule has 0 fully saturated rings. The van der Waals surface area contributed by atoms with Crippen molar-refractivity contribution in [2.75, 3.05) is 18.6 Å². The van der Waals surface area contributed by atoms with Gasteiger partial charge in [-0.1, -0.05) is 54.6 Å². The van der Waals surface area contributed by atoms with Gasteiger partial charge in [-0.05, 0) is 54.4 Å². The van der Waals surface area contributed by atoms with Crippen LogP contribution < -0.4 is 15.0 Å². The molecule has 4 aromatic rings. The van der Waals surface area contributed by atoms with Gasteiger partial charge in [-0.25, -0.2) is 0 Å². The van der Waals surface area contributed by atoms with E-state index in [0.29, 0.717) is 28.3 Å². The van der Waals surface area contributed by atoms with Gasteiger partial charge in [0.1, 0.15) is 11.3 Å². The van der Waals surface area contributed by atoms with Crippen molar-refractivity contribution >= 4 is 39.9 Å². The quantitative estimate of drug-likeness (QED) is 0.318. The molecule has 0 saturated carbocycles. The lowest BCUT2D eigenvalue weighted by atomic mass is 9.85. The van der Waals surface area contributed by atoms with Gasteiger partial charge in [-0.15, -0.1) is 0 Å². The SMILES string of the molecule is CCOC(=O)CCC1(NC(=O)c2ccc3ccccc3c2)C(=O)N(c2ccccc2)c2cc(OC)ccc21. The highest BCUT2D eigenvalue weighted by atomic mass is 16.5. The van der Waals surface area contributed by atoms with E-state index in [1.54, 1.807) is 49.3 Å². The Morgan fingerprint density at radius 1 is 0.895 bits per heavy atom. The number of rotatable bonds is 8. The molecular weight excluding hydrogens is 480 g/mol. The second-order valence-electron chi connectivity index (χ2n) is 9.09. The third-order valence-corrected chi connectivity index (χ3v) is 6.84. The summed E-state index contributed by atoms with van der Waals surface area (Å²) in [7, 11) is 1.56. The van der Waals surface area contributed by atoms with Gasteiger partial charge in [-0.2, -0.15) is 0 Å². The van der Waals surface area contributed by atoms with Crippen molar-refractivity contribution in [2.45, 2.75) is 25.3 Å². The molecule has 0 aromatic heterocycles. The fourth-order valence-electron chi connectivity index (χ4n) is 4.98. The summed E-state index contributed by atoms with van der Waals surface area (Å²) >= 11 is 0. The Hall–Kier alpha value is -4.65. The number of nitrogens with one attached hydrogen (secondary N) is 1. The molecule has 0 radical (unpaired) electrons. The smallest absolute Gasteiger partial charge is 0.305 e. The summed E-state index contributed by atoms with van der Waals surface area (Å²) in [6, 6.07) is 27.7. The molecule has 1 atom stereocenters. The molecule has 38 heavy (non-hydrogen) atoms. The minimum atomic E-state index is -1.49. The molecule has 0 aliphatic carbocycles. The fourth-order valence-corrected chi connectivity index (χ4v) is 4.98. The maximum atomic E-state index is 14.4. The highest BCUT2D eigenvalue weighted by molar-refractivity contribution is 6.15. The number of ether oxygens (including phenoxy) is 2. The molecule has 7 heteroatoms. The molecule has 7 nitrogen and oxygen atoms in total. The Kier molecular flexibility index (Phi) is 6.83. The molecule has 2 amide bonds. The molecule has 0 saturated heterocycles. The Bertz CT molecular complexity index is 1520. The van der Waals surface area contributed by atoms with E-state index in [2.05, 4.69) is 5.32 Å². The summed E-state index contributed by atoms with van der Waals surface area (Å²) in [5.74, 6) is -0.637. The molecule has 5 rings (SSSR count). The van der Waals surface area contributed by atoms with Crippen LogP contribution in [0.5, 0.6) is 5.75 Å². The first-order valence-electron chi connectivity index (χ1n) is 12.5. The van der Waals surface area contributed by atoms with Crippen LogP contribution in [0.15, 0.2) is 91.0 Å². The van der Waals surface area contributed by atoms with E-state index in [1.165, 1.54) is 0 Å². The zero-order valence-corrected chi connectivity index (χ0v) is 21.3. The first-order valence-corrected chi connectivity index (χ1v) is 12.5.